The Labute approximate surface area is 146 Å². The van der Waals surface area contributed by atoms with Gasteiger partial charge in [0.25, 0.3) is 0 Å². The maximum Gasteiger partial charge on any atom is 0.332 e. The fourth-order valence-corrected chi connectivity index (χ4v) is 3.64. The maximum atomic E-state index is 10.2. The summed E-state index contributed by atoms with van der Waals surface area (Å²) in [7, 11) is 1.71. The summed E-state index contributed by atoms with van der Waals surface area (Å²) in [6, 6.07) is 12.2. The van der Waals surface area contributed by atoms with E-state index in [2.05, 4.69) is 12.1 Å². The Morgan fingerprint density at radius 2 is 1.78 bits per heavy atom. The van der Waals surface area contributed by atoms with Crippen LogP contribution in [0.4, 0.5) is 0 Å². The average Bonchev–Trinajstić information content (AvgIpc) is 2.82. The normalized spacial score (nSPS) is 13.0. The van der Waals surface area contributed by atoms with Gasteiger partial charge in [0.2, 0.25) is 0 Å². The van der Waals surface area contributed by atoms with Gasteiger partial charge in [0.05, 0.1) is 11.2 Å². The number of benzene rings is 2. The average molecular weight is 346 g/mol. The number of fused-ring (bicyclic) bond motifs is 3. The predicted octanol–water partition coefficient (Wildman–Crippen LogP) is 4.52. The summed E-state index contributed by atoms with van der Waals surface area (Å²) in [5.74, 6) is 0. The lowest BCUT2D eigenvalue weighted by molar-refractivity contribution is -0.0893. The second-order valence-corrected chi connectivity index (χ2v) is 8.26. The van der Waals surface area contributed by atoms with Crippen LogP contribution in [0.25, 0.3) is 20.2 Å². The molecule has 3 rings (SSSR count). The van der Waals surface area contributed by atoms with Crippen molar-refractivity contribution in [1.82, 2.24) is 0 Å². The molecule has 0 saturated heterocycles. The molecule has 23 heavy (non-hydrogen) atoms. The summed E-state index contributed by atoms with van der Waals surface area (Å²) in [6.45, 7) is 7.23. The molecule has 1 radical (unpaired) electrons. The quantitative estimate of drug-likeness (QED) is 0.705. The van der Waals surface area contributed by atoms with Gasteiger partial charge in [-0.1, -0.05) is 29.8 Å². The second kappa shape index (κ2) is 5.78. The fraction of sp³-hybridized carbons (Fsp3) is 0.333. The molecule has 0 saturated carbocycles. The number of rotatable bonds is 4. The summed E-state index contributed by atoms with van der Waals surface area (Å²) in [6.07, 6.45) is 0. The van der Waals surface area contributed by atoms with Crippen LogP contribution in [-0.2, 0) is 4.65 Å². The third-order valence-electron chi connectivity index (χ3n) is 4.43. The van der Waals surface area contributed by atoms with Crippen LogP contribution < -0.4 is 5.46 Å². The Morgan fingerprint density at radius 3 is 2.48 bits per heavy atom. The molecule has 0 aliphatic heterocycles. The molecule has 3 aromatic rings. The van der Waals surface area contributed by atoms with E-state index in [1.807, 2.05) is 38.1 Å². The van der Waals surface area contributed by atoms with Crippen LogP contribution in [0.3, 0.4) is 0 Å². The lowest BCUT2D eigenvalue weighted by atomic mass is 9.82. The molecular formula is C18H19BClO2S. The third-order valence-corrected chi connectivity index (χ3v) is 5.88. The highest BCUT2D eigenvalue weighted by molar-refractivity contribution is 7.27. The van der Waals surface area contributed by atoms with Crippen LogP contribution in [0, 0.1) is 0 Å². The molecule has 0 atom stereocenters. The standard InChI is InChI=1S/C18H19BClO2S/c1-17(2,21)18(3,4)22-19-14-10-11(20)9-13-12-7-5-6-8-15(12)23-16(13)14/h5-10,21H,1-4H3. The van der Waals surface area contributed by atoms with Crippen LogP contribution >= 0.6 is 22.9 Å². The van der Waals surface area contributed by atoms with Crippen molar-refractivity contribution in [3.63, 3.8) is 0 Å². The minimum atomic E-state index is -0.957. The first-order valence-electron chi connectivity index (χ1n) is 7.53. The van der Waals surface area contributed by atoms with Gasteiger partial charge in [-0.3, -0.25) is 0 Å². The Kier molecular flexibility index (Phi) is 4.22. The highest BCUT2D eigenvalue weighted by Crippen LogP contribution is 2.34. The van der Waals surface area contributed by atoms with Crippen molar-refractivity contribution in [2.45, 2.75) is 38.9 Å². The summed E-state index contributed by atoms with van der Waals surface area (Å²) in [5, 5.41) is 13.2. The largest absolute Gasteiger partial charge is 0.427 e. The first-order valence-corrected chi connectivity index (χ1v) is 8.73. The summed E-state index contributed by atoms with van der Waals surface area (Å²) >= 11 is 8.02. The zero-order chi connectivity index (χ0) is 16.8. The SMILES string of the molecule is CC(C)(O)C(C)(C)O[B]c1cc(Cl)cc2c1sc1ccccc12. The number of aliphatic hydroxyl groups is 1. The Hall–Kier alpha value is -1.07. The van der Waals surface area contributed by atoms with E-state index in [4.69, 9.17) is 16.3 Å². The molecule has 0 aliphatic rings. The molecule has 1 aromatic heterocycles. The number of halogens is 1. The van der Waals surface area contributed by atoms with E-state index in [0.29, 0.717) is 5.02 Å². The fourth-order valence-electron chi connectivity index (χ4n) is 2.26. The van der Waals surface area contributed by atoms with Crippen molar-refractivity contribution in [1.29, 1.82) is 0 Å². The summed E-state index contributed by atoms with van der Waals surface area (Å²) in [4.78, 5) is 0. The van der Waals surface area contributed by atoms with Crippen molar-refractivity contribution >= 4 is 56.1 Å². The predicted molar refractivity (Wildman–Crippen MR) is 101 cm³/mol. The number of thiophene rings is 1. The van der Waals surface area contributed by atoms with Crippen molar-refractivity contribution in [3.8, 4) is 0 Å². The van der Waals surface area contributed by atoms with Crippen LogP contribution in [-0.4, -0.2) is 23.8 Å². The van der Waals surface area contributed by atoms with Gasteiger partial charge in [0, 0.05) is 25.2 Å². The van der Waals surface area contributed by atoms with Crippen LogP contribution in [0.2, 0.25) is 5.02 Å². The van der Waals surface area contributed by atoms with Crippen molar-refractivity contribution < 1.29 is 9.76 Å². The molecule has 0 bridgehead atoms. The van der Waals surface area contributed by atoms with Gasteiger partial charge in [-0.25, -0.2) is 0 Å². The van der Waals surface area contributed by atoms with E-state index in [1.54, 1.807) is 32.7 Å². The smallest absolute Gasteiger partial charge is 0.332 e. The van der Waals surface area contributed by atoms with Gasteiger partial charge in [0.1, 0.15) is 0 Å². The molecule has 5 heteroatoms. The lowest BCUT2D eigenvalue weighted by Crippen LogP contribution is -2.49. The van der Waals surface area contributed by atoms with Gasteiger partial charge < -0.3 is 9.76 Å². The highest BCUT2D eigenvalue weighted by Gasteiger charge is 2.35. The van der Waals surface area contributed by atoms with Crippen molar-refractivity contribution in [2.24, 2.45) is 0 Å². The van der Waals surface area contributed by atoms with Crippen LogP contribution in [0.5, 0.6) is 0 Å². The third kappa shape index (κ3) is 3.13. The van der Waals surface area contributed by atoms with Gasteiger partial charge in [-0.05, 0) is 51.4 Å². The zero-order valence-corrected chi connectivity index (χ0v) is 15.3. The Balaban J connectivity index is 2.04. The number of hydrogen-bond acceptors (Lipinski definition) is 3. The Bertz CT molecular complexity index is 864. The van der Waals surface area contributed by atoms with E-state index in [0.717, 1.165) is 15.5 Å². The molecule has 0 fully saturated rings. The molecule has 0 amide bonds. The molecule has 0 unspecified atom stereocenters. The minimum absolute atomic E-state index is 0.678. The van der Waals surface area contributed by atoms with Gasteiger partial charge in [-0.15, -0.1) is 11.3 Å². The highest BCUT2D eigenvalue weighted by atomic mass is 35.5. The van der Waals surface area contributed by atoms with E-state index < -0.39 is 11.2 Å². The van der Waals surface area contributed by atoms with Crippen molar-refractivity contribution in [2.75, 3.05) is 0 Å². The second-order valence-electron chi connectivity index (χ2n) is 6.77. The molecule has 119 valence electrons. The van der Waals surface area contributed by atoms with E-state index in [9.17, 15) is 5.11 Å². The van der Waals surface area contributed by atoms with Crippen LogP contribution in [0.1, 0.15) is 27.7 Å². The van der Waals surface area contributed by atoms with Gasteiger partial charge in [0.15, 0.2) is 0 Å². The van der Waals surface area contributed by atoms with Gasteiger partial charge >= 0.3 is 7.48 Å². The summed E-state index contributed by atoms with van der Waals surface area (Å²) < 4.78 is 8.28. The molecule has 2 nitrogen and oxygen atoms in total. The number of hydrogen-bond donors (Lipinski definition) is 1. The summed E-state index contributed by atoms with van der Waals surface area (Å²) in [5.41, 5.74) is -0.731. The first kappa shape index (κ1) is 16.8. The maximum absolute atomic E-state index is 10.2. The molecular weight excluding hydrogens is 327 g/mol. The first-order chi connectivity index (χ1) is 10.7. The lowest BCUT2D eigenvalue weighted by Gasteiger charge is -2.37. The Morgan fingerprint density at radius 1 is 1.09 bits per heavy atom. The molecule has 1 heterocycles. The van der Waals surface area contributed by atoms with E-state index >= 15 is 0 Å². The topological polar surface area (TPSA) is 29.5 Å². The van der Waals surface area contributed by atoms with Crippen molar-refractivity contribution in [3.05, 3.63) is 41.4 Å². The van der Waals surface area contributed by atoms with E-state index in [-0.39, 0.29) is 0 Å². The minimum Gasteiger partial charge on any atom is -0.427 e. The molecule has 2 aromatic carbocycles. The molecule has 1 N–H and O–H groups in total. The molecule has 0 aliphatic carbocycles. The zero-order valence-electron chi connectivity index (χ0n) is 13.7. The van der Waals surface area contributed by atoms with Crippen LogP contribution in [0.15, 0.2) is 36.4 Å². The van der Waals surface area contributed by atoms with Gasteiger partial charge in [-0.2, -0.15) is 0 Å². The monoisotopic (exact) mass is 345 g/mol. The molecule has 0 spiro atoms. The van der Waals surface area contributed by atoms with E-state index in [1.165, 1.54) is 10.1 Å².